The molecule has 0 bridgehead atoms. The molecule has 1 aromatic rings. The van der Waals surface area contributed by atoms with Crippen molar-refractivity contribution in [1.82, 2.24) is 0 Å². The van der Waals surface area contributed by atoms with Gasteiger partial charge in [0.25, 0.3) is 0 Å². The molecule has 1 unspecified atom stereocenters. The van der Waals surface area contributed by atoms with Gasteiger partial charge in [-0.1, -0.05) is 53.0 Å². The zero-order valence-corrected chi connectivity index (χ0v) is 8.68. The first-order chi connectivity index (χ1) is 5.93. The van der Waals surface area contributed by atoms with Gasteiger partial charge in [0.1, 0.15) is 11.9 Å². The summed E-state index contributed by atoms with van der Waals surface area (Å²) >= 11 is 16.4. The molecule has 0 radical (unpaired) electrons. The van der Waals surface area contributed by atoms with Gasteiger partial charge in [-0.15, -0.1) is 0 Å². The van der Waals surface area contributed by atoms with Crippen molar-refractivity contribution in [3.05, 3.63) is 29.8 Å². The number of aliphatic hydroxyl groups excluding tert-OH is 1. The number of aromatic hydroxyl groups is 1. The Hall–Kier alpha value is -0.150. The molecule has 2 N–H and O–H groups in total. The van der Waals surface area contributed by atoms with Crippen molar-refractivity contribution in [2.24, 2.45) is 0 Å². The smallest absolute Gasteiger partial charge is 0.220 e. The van der Waals surface area contributed by atoms with Crippen LogP contribution in [-0.4, -0.2) is 14.0 Å². The van der Waals surface area contributed by atoms with Crippen LogP contribution in [0.25, 0.3) is 0 Å². The molecule has 0 aromatic heterocycles. The van der Waals surface area contributed by atoms with Gasteiger partial charge < -0.3 is 10.2 Å². The lowest BCUT2D eigenvalue weighted by Crippen LogP contribution is -2.16. The Morgan fingerprint density at radius 2 is 1.69 bits per heavy atom. The highest BCUT2D eigenvalue weighted by Gasteiger charge is 2.33. The highest BCUT2D eigenvalue weighted by atomic mass is 35.6. The van der Waals surface area contributed by atoms with Crippen molar-refractivity contribution in [3.63, 3.8) is 0 Å². The number of benzene rings is 1. The van der Waals surface area contributed by atoms with E-state index in [9.17, 15) is 10.2 Å². The number of hydrogen-bond donors (Lipinski definition) is 2. The molecule has 0 aliphatic heterocycles. The quantitative estimate of drug-likeness (QED) is 0.742. The van der Waals surface area contributed by atoms with E-state index in [1.165, 1.54) is 12.1 Å². The second-order valence-electron chi connectivity index (χ2n) is 2.50. The highest BCUT2D eigenvalue weighted by molar-refractivity contribution is 6.68. The van der Waals surface area contributed by atoms with E-state index in [0.29, 0.717) is 0 Å². The van der Waals surface area contributed by atoms with E-state index in [0.717, 1.165) is 0 Å². The van der Waals surface area contributed by atoms with E-state index in [-0.39, 0.29) is 11.3 Å². The normalized spacial score (nSPS) is 14.2. The van der Waals surface area contributed by atoms with Crippen LogP contribution in [0, 0.1) is 0 Å². The Labute approximate surface area is 90.7 Å². The SMILES string of the molecule is Oc1ccccc1C(O)C(Cl)(Cl)Cl. The predicted molar refractivity (Wildman–Crippen MR) is 53.4 cm³/mol. The Kier molecular flexibility index (Phi) is 3.30. The van der Waals surface area contributed by atoms with Gasteiger partial charge in [0.2, 0.25) is 3.79 Å². The van der Waals surface area contributed by atoms with Gasteiger partial charge in [-0.25, -0.2) is 0 Å². The minimum absolute atomic E-state index is 0.0960. The van der Waals surface area contributed by atoms with Gasteiger partial charge in [0.15, 0.2) is 0 Å². The molecule has 0 saturated heterocycles. The lowest BCUT2D eigenvalue weighted by molar-refractivity contribution is 0.178. The number of phenolic OH excluding ortho intramolecular Hbond substituents is 1. The van der Waals surface area contributed by atoms with Gasteiger partial charge in [0, 0.05) is 5.56 Å². The van der Waals surface area contributed by atoms with Crippen molar-refractivity contribution in [3.8, 4) is 5.75 Å². The van der Waals surface area contributed by atoms with Crippen LogP contribution < -0.4 is 0 Å². The van der Waals surface area contributed by atoms with Gasteiger partial charge in [-0.3, -0.25) is 0 Å². The minimum atomic E-state index is -1.83. The maximum atomic E-state index is 9.48. The summed E-state index contributed by atoms with van der Waals surface area (Å²) in [5, 5.41) is 18.8. The summed E-state index contributed by atoms with van der Waals surface area (Å²) in [6, 6.07) is 6.15. The number of halogens is 3. The molecule has 0 amide bonds. The molecular formula is C8H7Cl3O2. The molecule has 2 nitrogen and oxygen atoms in total. The summed E-state index contributed by atoms with van der Waals surface area (Å²) in [4.78, 5) is 0. The third-order valence-corrected chi connectivity index (χ3v) is 2.16. The average molecular weight is 242 g/mol. The molecule has 0 heterocycles. The van der Waals surface area contributed by atoms with Crippen molar-refractivity contribution in [2.75, 3.05) is 0 Å². The van der Waals surface area contributed by atoms with Crippen LogP contribution in [0.5, 0.6) is 5.75 Å². The van der Waals surface area contributed by atoms with Crippen molar-refractivity contribution < 1.29 is 10.2 Å². The molecule has 72 valence electrons. The third kappa shape index (κ3) is 2.64. The second kappa shape index (κ2) is 3.93. The topological polar surface area (TPSA) is 40.5 Å². The summed E-state index contributed by atoms with van der Waals surface area (Å²) in [6.07, 6.45) is -1.33. The van der Waals surface area contributed by atoms with Crippen molar-refractivity contribution in [1.29, 1.82) is 0 Å². The molecule has 13 heavy (non-hydrogen) atoms. The number of para-hydroxylation sites is 1. The molecule has 0 saturated carbocycles. The molecule has 1 atom stereocenters. The van der Waals surface area contributed by atoms with Gasteiger partial charge in [-0.05, 0) is 6.07 Å². The number of rotatable bonds is 1. The lowest BCUT2D eigenvalue weighted by Gasteiger charge is -2.19. The zero-order valence-electron chi connectivity index (χ0n) is 6.42. The monoisotopic (exact) mass is 240 g/mol. The first kappa shape index (κ1) is 10.9. The Morgan fingerprint density at radius 1 is 1.15 bits per heavy atom. The van der Waals surface area contributed by atoms with Gasteiger partial charge in [0.05, 0.1) is 0 Å². The lowest BCUT2D eigenvalue weighted by atomic mass is 10.1. The van der Waals surface area contributed by atoms with E-state index >= 15 is 0 Å². The van der Waals surface area contributed by atoms with Crippen LogP contribution in [0.1, 0.15) is 11.7 Å². The van der Waals surface area contributed by atoms with E-state index in [1.807, 2.05) is 0 Å². The number of hydrogen-bond acceptors (Lipinski definition) is 2. The third-order valence-electron chi connectivity index (χ3n) is 1.54. The molecule has 0 spiro atoms. The van der Waals surface area contributed by atoms with E-state index in [4.69, 9.17) is 34.8 Å². The first-order valence-electron chi connectivity index (χ1n) is 3.45. The molecule has 1 rings (SSSR count). The number of phenols is 1. The van der Waals surface area contributed by atoms with Crippen LogP contribution in [0.3, 0.4) is 0 Å². The predicted octanol–water partition coefficient (Wildman–Crippen LogP) is 2.80. The standard InChI is InChI=1S/C8H7Cl3O2/c9-8(10,11)7(13)5-3-1-2-4-6(5)12/h1-4,7,12-13H. The van der Waals surface area contributed by atoms with E-state index in [2.05, 4.69) is 0 Å². The number of alkyl halides is 3. The fourth-order valence-corrected chi connectivity index (χ4v) is 1.25. The number of aliphatic hydroxyl groups is 1. The van der Waals surface area contributed by atoms with Crippen LogP contribution in [0.4, 0.5) is 0 Å². The maximum Gasteiger partial charge on any atom is 0.220 e. The fraction of sp³-hybridized carbons (Fsp3) is 0.250. The zero-order chi connectivity index (χ0) is 10.1. The van der Waals surface area contributed by atoms with Crippen LogP contribution in [-0.2, 0) is 0 Å². The van der Waals surface area contributed by atoms with Crippen molar-refractivity contribution >= 4 is 34.8 Å². The Morgan fingerprint density at radius 3 is 2.15 bits per heavy atom. The summed E-state index contributed by atoms with van der Waals surface area (Å²) in [5.41, 5.74) is 0.197. The minimum Gasteiger partial charge on any atom is -0.508 e. The molecule has 0 aliphatic rings. The Bertz CT molecular complexity index is 296. The van der Waals surface area contributed by atoms with Gasteiger partial charge in [-0.2, -0.15) is 0 Å². The van der Waals surface area contributed by atoms with Crippen LogP contribution >= 0.6 is 34.8 Å². The average Bonchev–Trinajstić information content (AvgIpc) is 2.02. The molecule has 0 aliphatic carbocycles. The van der Waals surface area contributed by atoms with Gasteiger partial charge >= 0.3 is 0 Å². The summed E-state index contributed by atoms with van der Waals surface area (Å²) in [5.74, 6) is -0.0960. The Balaban J connectivity index is 3.02. The summed E-state index contributed by atoms with van der Waals surface area (Å²) in [6.45, 7) is 0. The van der Waals surface area contributed by atoms with Crippen molar-refractivity contribution in [2.45, 2.75) is 9.90 Å². The molecule has 0 fully saturated rings. The fourth-order valence-electron chi connectivity index (χ4n) is 0.895. The summed E-state index contributed by atoms with van der Waals surface area (Å²) < 4.78 is -1.83. The van der Waals surface area contributed by atoms with E-state index < -0.39 is 9.90 Å². The first-order valence-corrected chi connectivity index (χ1v) is 4.59. The molecule has 1 aromatic carbocycles. The van der Waals surface area contributed by atoms with Crippen LogP contribution in [0.2, 0.25) is 0 Å². The second-order valence-corrected chi connectivity index (χ2v) is 4.87. The molecular weight excluding hydrogens is 234 g/mol. The van der Waals surface area contributed by atoms with Crippen LogP contribution in [0.15, 0.2) is 24.3 Å². The molecule has 5 heteroatoms. The van der Waals surface area contributed by atoms with E-state index in [1.54, 1.807) is 12.1 Å². The highest BCUT2D eigenvalue weighted by Crippen LogP contribution is 2.41. The summed E-state index contributed by atoms with van der Waals surface area (Å²) in [7, 11) is 0. The maximum absolute atomic E-state index is 9.48. The largest absolute Gasteiger partial charge is 0.508 e.